The van der Waals surface area contributed by atoms with E-state index in [1.54, 1.807) is 0 Å². The normalized spacial score (nSPS) is 10.8. The van der Waals surface area contributed by atoms with Gasteiger partial charge in [-0.3, -0.25) is 4.68 Å². The maximum absolute atomic E-state index is 5.80. The van der Waals surface area contributed by atoms with Crippen molar-refractivity contribution in [1.82, 2.24) is 19.7 Å². The maximum Gasteiger partial charge on any atom is 0.223 e. The van der Waals surface area contributed by atoms with Gasteiger partial charge in [-0.15, -0.1) is 0 Å². The average Bonchev–Trinajstić information content (AvgIpc) is 2.43. The predicted octanol–water partition coefficient (Wildman–Crippen LogP) is 2.63. The Bertz CT molecular complexity index is 503. The molecule has 0 saturated carbocycles. The number of halogens is 1. The third kappa shape index (κ3) is 2.54. The Morgan fingerprint density at radius 1 is 1.19 bits per heavy atom. The summed E-state index contributed by atoms with van der Waals surface area (Å²) >= 11 is 7.33. The van der Waals surface area contributed by atoms with Gasteiger partial charge >= 0.3 is 0 Å². The Hall–Kier alpha value is -1.07. The van der Waals surface area contributed by atoms with E-state index in [4.69, 9.17) is 11.6 Å². The lowest BCUT2D eigenvalue weighted by molar-refractivity contribution is 0.692. The molecule has 0 amide bonds. The summed E-state index contributed by atoms with van der Waals surface area (Å²) in [5.41, 5.74) is 1.85. The zero-order valence-corrected chi connectivity index (χ0v) is 10.8. The number of hydrogen-bond acceptors (Lipinski definition) is 4. The van der Waals surface area contributed by atoms with Crippen molar-refractivity contribution in [3.63, 3.8) is 0 Å². The van der Waals surface area contributed by atoms with Crippen LogP contribution in [0.1, 0.15) is 11.4 Å². The fourth-order valence-corrected chi connectivity index (χ4v) is 2.60. The van der Waals surface area contributed by atoms with E-state index in [0.29, 0.717) is 0 Å². The summed E-state index contributed by atoms with van der Waals surface area (Å²) in [6.45, 7) is 3.86. The van der Waals surface area contributed by atoms with Crippen molar-refractivity contribution in [1.29, 1.82) is 0 Å². The Morgan fingerprint density at radius 3 is 2.50 bits per heavy atom. The summed E-state index contributed by atoms with van der Waals surface area (Å²) < 4.78 is 1.82. The highest BCUT2D eigenvalue weighted by molar-refractivity contribution is 7.99. The lowest BCUT2D eigenvalue weighted by Gasteiger charge is -2.02. The van der Waals surface area contributed by atoms with Crippen LogP contribution < -0.4 is 0 Å². The minimum absolute atomic E-state index is 0.279. The SMILES string of the molecule is Cc1cc(Sc2cc(C)nn2C)nc(Cl)n1. The van der Waals surface area contributed by atoms with Gasteiger partial charge in [0.25, 0.3) is 0 Å². The van der Waals surface area contributed by atoms with E-state index >= 15 is 0 Å². The van der Waals surface area contributed by atoms with Crippen LogP contribution in [-0.4, -0.2) is 19.7 Å². The number of aromatic nitrogens is 4. The third-order valence-corrected chi connectivity index (χ3v) is 3.15. The highest BCUT2D eigenvalue weighted by Crippen LogP contribution is 2.27. The molecular weight excluding hydrogens is 244 g/mol. The average molecular weight is 255 g/mol. The van der Waals surface area contributed by atoms with Crippen molar-refractivity contribution < 1.29 is 0 Å². The van der Waals surface area contributed by atoms with Gasteiger partial charge in [-0.1, -0.05) is 11.8 Å². The van der Waals surface area contributed by atoms with Crippen LogP contribution in [0.4, 0.5) is 0 Å². The van der Waals surface area contributed by atoms with E-state index in [1.807, 2.05) is 37.7 Å². The van der Waals surface area contributed by atoms with Gasteiger partial charge in [-0.25, -0.2) is 9.97 Å². The second-order valence-electron chi connectivity index (χ2n) is 3.47. The van der Waals surface area contributed by atoms with Crippen LogP contribution in [0, 0.1) is 13.8 Å². The van der Waals surface area contributed by atoms with Crippen molar-refractivity contribution in [2.45, 2.75) is 23.9 Å². The van der Waals surface area contributed by atoms with Gasteiger partial charge in [0.1, 0.15) is 10.1 Å². The zero-order chi connectivity index (χ0) is 11.7. The van der Waals surface area contributed by atoms with Crippen LogP contribution >= 0.6 is 23.4 Å². The Kier molecular flexibility index (Phi) is 3.16. The number of hydrogen-bond donors (Lipinski definition) is 0. The molecule has 0 aliphatic heterocycles. The summed E-state index contributed by atoms with van der Waals surface area (Å²) in [5, 5.41) is 6.42. The first-order valence-corrected chi connectivity index (χ1v) is 5.94. The smallest absolute Gasteiger partial charge is 0.223 e. The summed E-state index contributed by atoms with van der Waals surface area (Å²) in [5.74, 6) is 0. The molecule has 4 nitrogen and oxygen atoms in total. The van der Waals surface area contributed by atoms with Crippen LogP contribution in [-0.2, 0) is 7.05 Å². The highest BCUT2D eigenvalue weighted by Gasteiger charge is 2.07. The van der Waals surface area contributed by atoms with Gasteiger partial charge in [-0.05, 0) is 37.6 Å². The van der Waals surface area contributed by atoms with E-state index in [0.717, 1.165) is 21.4 Å². The summed E-state index contributed by atoms with van der Waals surface area (Å²) in [7, 11) is 1.91. The van der Waals surface area contributed by atoms with Gasteiger partial charge in [0.15, 0.2) is 0 Å². The molecule has 6 heteroatoms. The first-order valence-electron chi connectivity index (χ1n) is 4.74. The fourth-order valence-electron chi connectivity index (χ4n) is 1.35. The third-order valence-electron chi connectivity index (χ3n) is 1.97. The van der Waals surface area contributed by atoms with Gasteiger partial charge in [0, 0.05) is 12.7 Å². The molecule has 2 aromatic heterocycles. The van der Waals surface area contributed by atoms with Crippen molar-refractivity contribution in [3.8, 4) is 0 Å². The molecule has 0 unspecified atom stereocenters. The van der Waals surface area contributed by atoms with E-state index in [9.17, 15) is 0 Å². The van der Waals surface area contributed by atoms with Crippen LogP contribution in [0.2, 0.25) is 5.28 Å². The molecule has 0 atom stereocenters. The lowest BCUT2D eigenvalue weighted by Crippen LogP contribution is -1.94. The molecule has 0 aliphatic carbocycles. The minimum Gasteiger partial charge on any atom is -0.261 e. The second kappa shape index (κ2) is 4.43. The molecule has 84 valence electrons. The molecule has 0 saturated heterocycles. The van der Waals surface area contributed by atoms with E-state index in [-0.39, 0.29) is 5.28 Å². The van der Waals surface area contributed by atoms with Crippen molar-refractivity contribution in [2.75, 3.05) is 0 Å². The topological polar surface area (TPSA) is 43.6 Å². The van der Waals surface area contributed by atoms with E-state index in [1.165, 1.54) is 11.8 Å². The van der Waals surface area contributed by atoms with Crippen LogP contribution in [0.5, 0.6) is 0 Å². The quantitative estimate of drug-likeness (QED) is 0.610. The molecule has 0 aromatic carbocycles. The van der Waals surface area contributed by atoms with Crippen LogP contribution in [0.15, 0.2) is 22.2 Å². The van der Waals surface area contributed by atoms with Crippen LogP contribution in [0.25, 0.3) is 0 Å². The van der Waals surface area contributed by atoms with Crippen molar-refractivity contribution in [3.05, 3.63) is 28.8 Å². The first kappa shape index (κ1) is 11.4. The van der Waals surface area contributed by atoms with Gasteiger partial charge in [-0.2, -0.15) is 5.10 Å². The maximum atomic E-state index is 5.80. The first-order chi connectivity index (χ1) is 7.54. The van der Waals surface area contributed by atoms with Crippen molar-refractivity contribution >= 4 is 23.4 Å². The molecule has 0 bridgehead atoms. The fraction of sp³-hybridized carbons (Fsp3) is 0.300. The summed E-state index contributed by atoms with van der Waals surface area (Å²) in [6.07, 6.45) is 0. The summed E-state index contributed by atoms with van der Waals surface area (Å²) in [4.78, 5) is 8.18. The Morgan fingerprint density at radius 2 is 1.94 bits per heavy atom. The second-order valence-corrected chi connectivity index (χ2v) is 4.84. The molecule has 2 rings (SSSR count). The molecule has 0 N–H and O–H groups in total. The standard InChI is InChI=1S/C10H11ClN4S/c1-6-4-8(13-10(11)12-6)16-9-5-7(2)14-15(9)3/h4-5H,1-3H3. The Labute approximate surface area is 103 Å². The lowest BCUT2D eigenvalue weighted by atomic mass is 10.5. The van der Waals surface area contributed by atoms with E-state index in [2.05, 4.69) is 15.1 Å². The molecule has 0 fully saturated rings. The largest absolute Gasteiger partial charge is 0.261 e. The molecule has 2 aromatic rings. The number of nitrogens with zero attached hydrogens (tertiary/aromatic N) is 4. The highest BCUT2D eigenvalue weighted by atomic mass is 35.5. The van der Waals surface area contributed by atoms with E-state index < -0.39 is 0 Å². The molecule has 0 spiro atoms. The van der Waals surface area contributed by atoms with Crippen molar-refractivity contribution in [2.24, 2.45) is 7.05 Å². The zero-order valence-electron chi connectivity index (χ0n) is 9.23. The monoisotopic (exact) mass is 254 g/mol. The van der Waals surface area contributed by atoms with Gasteiger partial charge in [0.05, 0.1) is 5.69 Å². The predicted molar refractivity (Wildman–Crippen MR) is 63.8 cm³/mol. The summed E-state index contributed by atoms with van der Waals surface area (Å²) in [6, 6.07) is 3.91. The minimum atomic E-state index is 0.279. The molecular formula is C10H11ClN4S. The van der Waals surface area contributed by atoms with Crippen LogP contribution in [0.3, 0.4) is 0 Å². The molecule has 2 heterocycles. The van der Waals surface area contributed by atoms with Gasteiger partial charge < -0.3 is 0 Å². The van der Waals surface area contributed by atoms with Gasteiger partial charge in [0.2, 0.25) is 5.28 Å². The number of aryl methyl sites for hydroxylation is 3. The molecule has 0 radical (unpaired) electrons. The Balaban J connectivity index is 2.30. The molecule has 16 heavy (non-hydrogen) atoms. The molecule has 0 aliphatic rings. The number of rotatable bonds is 2.